The van der Waals surface area contributed by atoms with Crippen LogP contribution in [0.5, 0.6) is 0 Å². The number of carbonyl (C=O) groups is 2. The van der Waals surface area contributed by atoms with Gasteiger partial charge in [-0.15, -0.1) is 10.2 Å². The van der Waals surface area contributed by atoms with E-state index in [4.69, 9.17) is 0 Å². The molecule has 0 radical (unpaired) electrons. The number of nitrogens with zero attached hydrogens (tertiary/aromatic N) is 3. The SMILES string of the molecule is O=C(CSc1nnc(-c2ccccc2)n1-c1ccccc1)NCCC(=O)NC1CCCCC1. The van der Waals surface area contributed by atoms with Crippen LogP contribution in [0.1, 0.15) is 38.5 Å². The van der Waals surface area contributed by atoms with Crippen LogP contribution in [0.15, 0.2) is 65.8 Å². The number of hydrogen-bond donors (Lipinski definition) is 2. The van der Waals surface area contributed by atoms with Crippen molar-refractivity contribution in [2.75, 3.05) is 12.3 Å². The van der Waals surface area contributed by atoms with Crippen LogP contribution in [0.4, 0.5) is 0 Å². The molecule has 3 aromatic rings. The molecular weight excluding hydrogens is 434 g/mol. The molecule has 1 aliphatic rings. The molecule has 2 N–H and O–H groups in total. The topological polar surface area (TPSA) is 88.9 Å². The van der Waals surface area contributed by atoms with Crippen LogP contribution in [-0.2, 0) is 9.59 Å². The molecule has 0 spiro atoms. The number of thioether (sulfide) groups is 1. The lowest BCUT2D eigenvalue weighted by atomic mass is 9.95. The molecule has 4 rings (SSSR count). The van der Waals surface area contributed by atoms with Gasteiger partial charge in [0.2, 0.25) is 11.8 Å². The molecule has 2 aromatic carbocycles. The van der Waals surface area contributed by atoms with Gasteiger partial charge in [-0.3, -0.25) is 14.2 Å². The highest BCUT2D eigenvalue weighted by atomic mass is 32.2. The van der Waals surface area contributed by atoms with E-state index in [9.17, 15) is 9.59 Å². The van der Waals surface area contributed by atoms with E-state index in [1.807, 2.05) is 65.2 Å². The molecule has 1 fully saturated rings. The molecule has 1 aliphatic carbocycles. The third-order valence-electron chi connectivity index (χ3n) is 5.66. The number of amides is 2. The zero-order chi connectivity index (χ0) is 22.9. The zero-order valence-electron chi connectivity index (χ0n) is 18.6. The van der Waals surface area contributed by atoms with Gasteiger partial charge in [-0.05, 0) is 25.0 Å². The Morgan fingerprint density at radius 3 is 2.33 bits per heavy atom. The van der Waals surface area contributed by atoms with Gasteiger partial charge < -0.3 is 10.6 Å². The second kappa shape index (κ2) is 11.7. The van der Waals surface area contributed by atoms with Crippen LogP contribution in [0.2, 0.25) is 0 Å². The largest absolute Gasteiger partial charge is 0.355 e. The van der Waals surface area contributed by atoms with Crippen LogP contribution in [0.3, 0.4) is 0 Å². The minimum atomic E-state index is -0.130. The molecule has 7 nitrogen and oxygen atoms in total. The van der Waals surface area contributed by atoms with Crippen molar-refractivity contribution in [2.45, 2.75) is 49.7 Å². The Kier molecular flexibility index (Phi) is 8.14. The molecule has 0 bridgehead atoms. The summed E-state index contributed by atoms with van der Waals surface area (Å²) in [4.78, 5) is 24.5. The third kappa shape index (κ3) is 6.44. The Morgan fingerprint density at radius 1 is 0.909 bits per heavy atom. The molecule has 33 heavy (non-hydrogen) atoms. The number of nitrogens with one attached hydrogen (secondary N) is 2. The minimum Gasteiger partial charge on any atom is -0.355 e. The molecule has 8 heteroatoms. The smallest absolute Gasteiger partial charge is 0.230 e. The number of carbonyl (C=O) groups excluding carboxylic acids is 2. The van der Waals surface area contributed by atoms with Crippen molar-refractivity contribution in [1.29, 1.82) is 0 Å². The average molecular weight is 464 g/mol. The summed E-state index contributed by atoms with van der Waals surface area (Å²) in [7, 11) is 0. The fourth-order valence-corrected chi connectivity index (χ4v) is 4.77. The van der Waals surface area contributed by atoms with Gasteiger partial charge in [0.1, 0.15) is 0 Å². The second-order valence-electron chi connectivity index (χ2n) is 8.13. The molecule has 0 aliphatic heterocycles. The second-order valence-corrected chi connectivity index (χ2v) is 9.08. The van der Waals surface area contributed by atoms with E-state index in [0.29, 0.717) is 24.2 Å². The van der Waals surface area contributed by atoms with E-state index in [2.05, 4.69) is 20.8 Å². The first kappa shape index (κ1) is 23.0. The van der Waals surface area contributed by atoms with Crippen LogP contribution in [-0.4, -0.2) is 44.9 Å². The Balaban J connectivity index is 1.33. The predicted molar refractivity (Wildman–Crippen MR) is 130 cm³/mol. The molecule has 1 aromatic heterocycles. The predicted octanol–water partition coefficient (Wildman–Crippen LogP) is 3.98. The van der Waals surface area contributed by atoms with Gasteiger partial charge in [0.25, 0.3) is 0 Å². The van der Waals surface area contributed by atoms with Gasteiger partial charge in [-0.2, -0.15) is 0 Å². The van der Waals surface area contributed by atoms with E-state index in [1.165, 1.54) is 31.0 Å². The Hall–Kier alpha value is -3.13. The van der Waals surface area contributed by atoms with Crippen LogP contribution >= 0.6 is 11.8 Å². The third-order valence-corrected chi connectivity index (χ3v) is 6.59. The van der Waals surface area contributed by atoms with Crippen molar-refractivity contribution < 1.29 is 9.59 Å². The maximum Gasteiger partial charge on any atom is 0.230 e. The first-order valence-corrected chi connectivity index (χ1v) is 12.4. The lowest BCUT2D eigenvalue weighted by Gasteiger charge is -2.22. The summed E-state index contributed by atoms with van der Waals surface area (Å²) in [6, 6.07) is 20.0. The van der Waals surface area contributed by atoms with Gasteiger partial charge in [0, 0.05) is 30.3 Å². The number of para-hydroxylation sites is 1. The average Bonchev–Trinajstić information content (AvgIpc) is 3.28. The maximum absolute atomic E-state index is 12.4. The van der Waals surface area contributed by atoms with E-state index in [0.717, 1.165) is 29.9 Å². The molecule has 1 saturated carbocycles. The van der Waals surface area contributed by atoms with Gasteiger partial charge in [-0.1, -0.05) is 79.6 Å². The molecular formula is C25H29N5O2S. The van der Waals surface area contributed by atoms with Crippen molar-refractivity contribution in [3.8, 4) is 17.1 Å². The highest BCUT2D eigenvalue weighted by Gasteiger charge is 2.18. The standard InChI is InChI=1S/C25H29N5O2S/c31-22(27-20-12-6-2-7-13-20)16-17-26-23(32)18-33-25-29-28-24(19-10-4-1-5-11-19)30(25)21-14-8-3-9-15-21/h1,3-5,8-11,14-15,20H,2,6-7,12-13,16-18H2,(H,26,32)(H,27,31). The minimum absolute atomic E-state index is 0.00572. The van der Waals surface area contributed by atoms with E-state index >= 15 is 0 Å². The normalized spacial score (nSPS) is 14.1. The van der Waals surface area contributed by atoms with Crippen molar-refractivity contribution in [3.05, 3.63) is 60.7 Å². The van der Waals surface area contributed by atoms with E-state index in [-0.39, 0.29) is 17.6 Å². The summed E-state index contributed by atoms with van der Waals surface area (Å²) < 4.78 is 1.96. The summed E-state index contributed by atoms with van der Waals surface area (Å²) in [5, 5.41) is 15.3. The summed E-state index contributed by atoms with van der Waals surface area (Å²) in [5.74, 6) is 0.800. The van der Waals surface area contributed by atoms with Crippen molar-refractivity contribution >= 4 is 23.6 Å². The monoisotopic (exact) mass is 463 g/mol. The van der Waals surface area contributed by atoms with Crippen LogP contribution < -0.4 is 10.6 Å². The number of rotatable bonds is 9. The van der Waals surface area contributed by atoms with Gasteiger partial charge in [0.15, 0.2) is 11.0 Å². The number of benzene rings is 2. The molecule has 2 amide bonds. The van der Waals surface area contributed by atoms with Crippen LogP contribution in [0, 0.1) is 0 Å². The highest BCUT2D eigenvalue weighted by Crippen LogP contribution is 2.27. The quantitative estimate of drug-likeness (QED) is 0.469. The molecule has 172 valence electrons. The van der Waals surface area contributed by atoms with E-state index < -0.39 is 0 Å². The molecule has 1 heterocycles. The zero-order valence-corrected chi connectivity index (χ0v) is 19.4. The van der Waals surface area contributed by atoms with E-state index in [1.54, 1.807) is 0 Å². The summed E-state index contributed by atoms with van der Waals surface area (Å²) >= 11 is 1.33. The first-order valence-electron chi connectivity index (χ1n) is 11.5. The van der Waals surface area contributed by atoms with Gasteiger partial charge in [-0.25, -0.2) is 0 Å². The van der Waals surface area contributed by atoms with Crippen LogP contribution in [0.25, 0.3) is 17.1 Å². The van der Waals surface area contributed by atoms with Gasteiger partial charge >= 0.3 is 0 Å². The maximum atomic E-state index is 12.4. The number of hydrogen-bond acceptors (Lipinski definition) is 5. The number of aromatic nitrogens is 3. The Morgan fingerprint density at radius 2 is 1.61 bits per heavy atom. The Labute approximate surface area is 198 Å². The molecule has 0 unspecified atom stereocenters. The fourth-order valence-electron chi connectivity index (χ4n) is 3.99. The fraction of sp³-hybridized carbons (Fsp3) is 0.360. The summed E-state index contributed by atoms with van der Waals surface area (Å²) in [6.45, 7) is 0.332. The highest BCUT2D eigenvalue weighted by molar-refractivity contribution is 7.99. The summed E-state index contributed by atoms with van der Waals surface area (Å²) in [5.41, 5.74) is 1.89. The lowest BCUT2D eigenvalue weighted by Crippen LogP contribution is -2.38. The van der Waals surface area contributed by atoms with Crippen molar-refractivity contribution in [3.63, 3.8) is 0 Å². The van der Waals surface area contributed by atoms with Gasteiger partial charge in [0.05, 0.1) is 5.75 Å². The summed E-state index contributed by atoms with van der Waals surface area (Å²) in [6.07, 6.45) is 6.02. The lowest BCUT2D eigenvalue weighted by molar-refractivity contribution is -0.122. The Bertz CT molecular complexity index is 1050. The van der Waals surface area contributed by atoms with Crippen molar-refractivity contribution in [1.82, 2.24) is 25.4 Å². The molecule has 0 atom stereocenters. The first-order chi connectivity index (χ1) is 16.2. The van der Waals surface area contributed by atoms with Crippen molar-refractivity contribution in [2.24, 2.45) is 0 Å². The molecule has 0 saturated heterocycles.